The van der Waals surface area contributed by atoms with Crippen LogP contribution in [0.3, 0.4) is 0 Å². The molecule has 0 aromatic rings. The summed E-state index contributed by atoms with van der Waals surface area (Å²) in [5.74, 6) is -0.910. The number of hydrogen-bond acceptors (Lipinski definition) is 1. The maximum atomic E-state index is 11.7. The number of hydrogen-bond donors (Lipinski definition) is 1. The Bertz CT molecular complexity index is 86.1. The second-order valence-corrected chi connectivity index (χ2v) is 1.24. The third kappa shape index (κ3) is 1.86. The molecule has 1 unspecified atom stereocenters. The van der Waals surface area contributed by atoms with E-state index in [0.717, 1.165) is 0 Å². The lowest BCUT2D eigenvalue weighted by atomic mass is 10.4. The van der Waals surface area contributed by atoms with E-state index in [1.165, 1.54) is 7.05 Å². The third-order valence-electron chi connectivity index (χ3n) is 0.666. The van der Waals surface area contributed by atoms with Crippen LogP contribution in [0.15, 0.2) is 0 Å². The van der Waals surface area contributed by atoms with Gasteiger partial charge in [-0.3, -0.25) is 4.79 Å². The lowest BCUT2D eigenvalue weighted by Crippen LogP contribution is -2.29. The zero-order valence-corrected chi connectivity index (χ0v) is 4.45. The fraction of sp³-hybridized carbons (Fsp3) is 0.750. The van der Waals surface area contributed by atoms with Gasteiger partial charge in [0.05, 0.1) is 0 Å². The topological polar surface area (TPSA) is 29.1 Å². The van der Waals surface area contributed by atoms with Gasteiger partial charge in [0.25, 0.3) is 5.91 Å². The molecule has 8 heavy (non-hydrogen) atoms. The van der Waals surface area contributed by atoms with Crippen molar-refractivity contribution in [1.82, 2.24) is 5.32 Å². The fourth-order valence-corrected chi connectivity index (χ4v) is 0.227. The van der Waals surface area contributed by atoms with Crippen LogP contribution < -0.4 is 5.32 Å². The molecule has 0 aromatic carbocycles. The molecule has 0 rings (SSSR count). The summed E-state index contributed by atoms with van der Waals surface area (Å²) in [6.45, 7) is -1.25. The summed E-state index contributed by atoms with van der Waals surface area (Å²) >= 11 is 0. The first-order valence-electron chi connectivity index (χ1n) is 2.14. The molecule has 0 fully saturated rings. The molecule has 0 aliphatic heterocycles. The summed E-state index contributed by atoms with van der Waals surface area (Å²) in [6, 6.07) is 0. The highest BCUT2D eigenvalue weighted by atomic mass is 19.2. The minimum atomic E-state index is -2.00. The van der Waals surface area contributed by atoms with E-state index in [-0.39, 0.29) is 0 Å². The molecular formula is C4H7F2NO. The molecule has 0 heterocycles. The number of nitrogens with one attached hydrogen (secondary N) is 1. The van der Waals surface area contributed by atoms with Crippen molar-refractivity contribution in [1.29, 1.82) is 0 Å². The Morgan fingerprint density at radius 3 is 2.50 bits per heavy atom. The van der Waals surface area contributed by atoms with E-state index in [2.05, 4.69) is 0 Å². The number of rotatable bonds is 2. The van der Waals surface area contributed by atoms with Gasteiger partial charge in [-0.1, -0.05) is 0 Å². The van der Waals surface area contributed by atoms with Crippen LogP contribution in [0.25, 0.3) is 0 Å². The van der Waals surface area contributed by atoms with Gasteiger partial charge in [-0.2, -0.15) is 0 Å². The highest BCUT2D eigenvalue weighted by molar-refractivity contribution is 5.80. The molecule has 2 nitrogen and oxygen atoms in total. The summed E-state index contributed by atoms with van der Waals surface area (Å²) in [7, 11) is 1.25. The predicted octanol–water partition coefficient (Wildman–Crippen LogP) is 0.0400. The Balaban J connectivity index is 3.46. The SMILES string of the molecule is CNC(=O)C(F)CF. The van der Waals surface area contributed by atoms with Gasteiger partial charge in [0.1, 0.15) is 6.67 Å². The van der Waals surface area contributed by atoms with Crippen LogP contribution in [0, 0.1) is 0 Å². The van der Waals surface area contributed by atoms with Crippen molar-refractivity contribution < 1.29 is 13.6 Å². The summed E-state index contributed by atoms with van der Waals surface area (Å²) in [5, 5.41) is 1.96. The third-order valence-corrected chi connectivity index (χ3v) is 0.666. The van der Waals surface area contributed by atoms with Crippen LogP contribution in [-0.2, 0) is 4.79 Å². The largest absolute Gasteiger partial charge is 0.357 e. The molecule has 4 heteroatoms. The fourth-order valence-electron chi connectivity index (χ4n) is 0.227. The second-order valence-electron chi connectivity index (χ2n) is 1.24. The Labute approximate surface area is 45.9 Å². The second kappa shape index (κ2) is 3.35. The van der Waals surface area contributed by atoms with Gasteiger partial charge in [0.2, 0.25) is 6.17 Å². The standard InChI is InChI=1S/C4H7F2NO/c1-7-4(8)3(6)2-5/h3H,2H2,1H3,(H,7,8). The molecule has 48 valence electrons. The quantitative estimate of drug-likeness (QED) is 0.551. The molecule has 0 spiro atoms. The number of carbonyl (C=O) groups excluding carboxylic acids is 1. The minimum Gasteiger partial charge on any atom is -0.357 e. The molecule has 0 saturated carbocycles. The normalized spacial score (nSPS) is 12.9. The van der Waals surface area contributed by atoms with E-state index in [0.29, 0.717) is 0 Å². The van der Waals surface area contributed by atoms with Gasteiger partial charge in [-0.15, -0.1) is 0 Å². The first kappa shape index (κ1) is 7.33. The summed E-state index contributed by atoms with van der Waals surface area (Å²) in [6.07, 6.45) is -2.00. The first-order valence-corrected chi connectivity index (χ1v) is 2.14. The molecule has 0 radical (unpaired) electrons. The van der Waals surface area contributed by atoms with E-state index in [9.17, 15) is 13.6 Å². The molecule has 0 aromatic heterocycles. The Kier molecular flexibility index (Phi) is 3.07. The molecule has 0 saturated heterocycles. The lowest BCUT2D eigenvalue weighted by molar-refractivity contribution is -0.125. The summed E-state index contributed by atoms with van der Waals surface area (Å²) in [4.78, 5) is 10.0. The minimum absolute atomic E-state index is 0.910. The van der Waals surface area contributed by atoms with Crippen molar-refractivity contribution in [3.63, 3.8) is 0 Å². The predicted molar refractivity (Wildman–Crippen MR) is 24.9 cm³/mol. The summed E-state index contributed by atoms with van der Waals surface area (Å²) in [5.41, 5.74) is 0. The van der Waals surface area contributed by atoms with Crippen molar-refractivity contribution in [2.75, 3.05) is 13.7 Å². The van der Waals surface area contributed by atoms with E-state index in [1.54, 1.807) is 0 Å². The molecule has 0 aliphatic rings. The van der Waals surface area contributed by atoms with Crippen molar-refractivity contribution >= 4 is 5.91 Å². The van der Waals surface area contributed by atoms with Crippen LogP contribution in [0.4, 0.5) is 8.78 Å². The van der Waals surface area contributed by atoms with Crippen LogP contribution in [0.5, 0.6) is 0 Å². The highest BCUT2D eigenvalue weighted by Crippen LogP contribution is 1.89. The number of amides is 1. The van der Waals surface area contributed by atoms with Crippen LogP contribution in [-0.4, -0.2) is 25.8 Å². The maximum absolute atomic E-state index is 11.7. The Morgan fingerprint density at radius 2 is 2.38 bits per heavy atom. The number of halogens is 2. The van der Waals surface area contributed by atoms with Crippen molar-refractivity contribution in [2.24, 2.45) is 0 Å². The van der Waals surface area contributed by atoms with Gasteiger partial charge in [0, 0.05) is 7.05 Å². The first-order chi connectivity index (χ1) is 3.72. The average molecular weight is 123 g/mol. The van der Waals surface area contributed by atoms with Crippen LogP contribution in [0.1, 0.15) is 0 Å². The van der Waals surface area contributed by atoms with Gasteiger partial charge >= 0.3 is 0 Å². The van der Waals surface area contributed by atoms with Gasteiger partial charge in [0.15, 0.2) is 0 Å². The molecule has 1 atom stereocenters. The average Bonchev–Trinajstić information content (AvgIpc) is 1.84. The maximum Gasteiger partial charge on any atom is 0.257 e. The molecule has 1 amide bonds. The molecule has 0 bridgehead atoms. The van der Waals surface area contributed by atoms with Crippen molar-refractivity contribution in [2.45, 2.75) is 6.17 Å². The zero-order valence-electron chi connectivity index (χ0n) is 4.45. The van der Waals surface area contributed by atoms with Crippen molar-refractivity contribution in [3.8, 4) is 0 Å². The Morgan fingerprint density at radius 1 is 1.88 bits per heavy atom. The van der Waals surface area contributed by atoms with E-state index < -0.39 is 18.8 Å². The van der Waals surface area contributed by atoms with E-state index in [4.69, 9.17) is 0 Å². The lowest BCUT2D eigenvalue weighted by Gasteiger charge is -1.98. The smallest absolute Gasteiger partial charge is 0.257 e. The molecule has 0 aliphatic carbocycles. The Hall–Kier alpha value is -0.670. The highest BCUT2D eigenvalue weighted by Gasteiger charge is 2.13. The number of alkyl halides is 2. The zero-order chi connectivity index (χ0) is 6.57. The van der Waals surface area contributed by atoms with E-state index >= 15 is 0 Å². The van der Waals surface area contributed by atoms with Gasteiger partial charge in [-0.25, -0.2) is 8.78 Å². The molecule has 1 N–H and O–H groups in total. The van der Waals surface area contributed by atoms with E-state index in [1.807, 2.05) is 5.32 Å². The van der Waals surface area contributed by atoms with Crippen molar-refractivity contribution in [3.05, 3.63) is 0 Å². The summed E-state index contributed by atoms with van der Waals surface area (Å²) < 4.78 is 22.9. The monoisotopic (exact) mass is 123 g/mol. The van der Waals surface area contributed by atoms with Crippen LogP contribution in [0.2, 0.25) is 0 Å². The van der Waals surface area contributed by atoms with Gasteiger partial charge < -0.3 is 5.32 Å². The molecular weight excluding hydrogens is 116 g/mol. The number of carbonyl (C=O) groups is 1. The van der Waals surface area contributed by atoms with Crippen LogP contribution >= 0.6 is 0 Å². The van der Waals surface area contributed by atoms with Gasteiger partial charge in [-0.05, 0) is 0 Å².